The van der Waals surface area contributed by atoms with Crippen LogP contribution in [0.15, 0.2) is 10.7 Å². The van der Waals surface area contributed by atoms with Crippen LogP contribution < -0.4 is 0 Å². The monoisotopic (exact) mass is 338 g/mol. The molecule has 0 saturated carbocycles. The van der Waals surface area contributed by atoms with Gasteiger partial charge in [0.05, 0.1) is 18.0 Å². The van der Waals surface area contributed by atoms with Gasteiger partial charge in [0.15, 0.2) is 4.60 Å². The fourth-order valence-electron chi connectivity index (χ4n) is 1.38. The standard InChI is InChI=1S/C10H9BrF2N2O4/c1-2-19-7(16)4-5-3-6(10(12)13)14-9(11)8(5)15(17)18/h3,10H,2,4H2,1H3. The number of alkyl halides is 2. The first-order valence-electron chi connectivity index (χ1n) is 5.14. The Morgan fingerprint density at radius 1 is 1.63 bits per heavy atom. The van der Waals surface area contributed by atoms with E-state index in [2.05, 4.69) is 25.7 Å². The summed E-state index contributed by atoms with van der Waals surface area (Å²) in [6.07, 6.45) is -3.36. The number of halogens is 3. The van der Waals surface area contributed by atoms with Crippen LogP contribution in [0.3, 0.4) is 0 Å². The molecule has 1 rings (SSSR count). The number of nitro groups is 1. The van der Waals surface area contributed by atoms with E-state index in [4.69, 9.17) is 0 Å². The van der Waals surface area contributed by atoms with E-state index >= 15 is 0 Å². The molecule has 0 N–H and O–H groups in total. The number of esters is 1. The van der Waals surface area contributed by atoms with E-state index < -0.39 is 35.1 Å². The molecule has 0 aliphatic carbocycles. The van der Waals surface area contributed by atoms with Crippen molar-refractivity contribution in [3.63, 3.8) is 0 Å². The third kappa shape index (κ3) is 3.91. The van der Waals surface area contributed by atoms with Crippen molar-refractivity contribution in [2.45, 2.75) is 19.8 Å². The summed E-state index contributed by atoms with van der Waals surface area (Å²) in [4.78, 5) is 24.8. The van der Waals surface area contributed by atoms with Gasteiger partial charge in [0, 0.05) is 5.56 Å². The molecule has 0 aliphatic rings. The maximum absolute atomic E-state index is 12.6. The average molecular weight is 339 g/mol. The zero-order valence-corrected chi connectivity index (χ0v) is 11.3. The molecule has 0 saturated heterocycles. The van der Waals surface area contributed by atoms with Crippen molar-refractivity contribution in [2.75, 3.05) is 6.61 Å². The Hall–Kier alpha value is -1.64. The molecule has 0 aliphatic heterocycles. The Balaban J connectivity index is 3.24. The molecule has 0 atom stereocenters. The highest BCUT2D eigenvalue weighted by molar-refractivity contribution is 9.10. The molecule has 1 aromatic rings. The van der Waals surface area contributed by atoms with Gasteiger partial charge in [-0.25, -0.2) is 13.8 Å². The Morgan fingerprint density at radius 3 is 2.74 bits per heavy atom. The molecule has 19 heavy (non-hydrogen) atoms. The lowest BCUT2D eigenvalue weighted by atomic mass is 10.1. The van der Waals surface area contributed by atoms with Crippen LogP contribution in [0.2, 0.25) is 0 Å². The normalized spacial score (nSPS) is 10.6. The molecule has 9 heteroatoms. The number of carbonyl (C=O) groups excluding carboxylic acids is 1. The molecule has 1 aromatic heterocycles. The highest BCUT2D eigenvalue weighted by Gasteiger charge is 2.25. The molecular weight excluding hydrogens is 330 g/mol. The summed E-state index contributed by atoms with van der Waals surface area (Å²) in [6.45, 7) is 1.67. The number of hydrogen-bond acceptors (Lipinski definition) is 5. The second kappa shape index (κ2) is 6.50. The SMILES string of the molecule is CCOC(=O)Cc1cc(C(F)F)nc(Br)c1[N+](=O)[O-]. The highest BCUT2D eigenvalue weighted by Crippen LogP contribution is 2.31. The lowest BCUT2D eigenvalue weighted by molar-refractivity contribution is -0.386. The lowest BCUT2D eigenvalue weighted by Crippen LogP contribution is -2.11. The summed E-state index contributed by atoms with van der Waals surface area (Å²) in [5.41, 5.74) is -1.32. The van der Waals surface area contributed by atoms with E-state index in [9.17, 15) is 23.7 Å². The van der Waals surface area contributed by atoms with Crippen molar-refractivity contribution in [1.82, 2.24) is 4.98 Å². The van der Waals surface area contributed by atoms with Crippen molar-refractivity contribution in [3.05, 3.63) is 32.0 Å². The summed E-state index contributed by atoms with van der Waals surface area (Å²) < 4.78 is 29.4. The molecule has 0 bridgehead atoms. The number of carbonyl (C=O) groups is 1. The first-order valence-corrected chi connectivity index (χ1v) is 5.93. The number of nitrogens with zero attached hydrogens (tertiary/aromatic N) is 2. The second-order valence-corrected chi connectivity index (χ2v) is 4.14. The zero-order valence-electron chi connectivity index (χ0n) is 9.73. The van der Waals surface area contributed by atoms with Crippen LogP contribution >= 0.6 is 15.9 Å². The van der Waals surface area contributed by atoms with Gasteiger partial charge in [-0.05, 0) is 28.9 Å². The topological polar surface area (TPSA) is 82.3 Å². The quantitative estimate of drug-likeness (QED) is 0.357. The molecule has 0 fully saturated rings. The minimum absolute atomic E-state index is 0.0978. The molecular formula is C10H9BrF2N2O4. The minimum Gasteiger partial charge on any atom is -0.466 e. The number of ether oxygens (including phenoxy) is 1. The number of hydrogen-bond donors (Lipinski definition) is 0. The van der Waals surface area contributed by atoms with Crippen molar-refractivity contribution < 1.29 is 23.2 Å². The summed E-state index contributed by atoms with van der Waals surface area (Å²) in [7, 11) is 0. The van der Waals surface area contributed by atoms with Gasteiger partial charge in [-0.2, -0.15) is 0 Å². The van der Waals surface area contributed by atoms with Gasteiger partial charge in [0.25, 0.3) is 6.43 Å². The van der Waals surface area contributed by atoms with Crippen LogP contribution in [0.4, 0.5) is 14.5 Å². The molecule has 6 nitrogen and oxygen atoms in total. The smallest absolute Gasteiger partial charge is 0.310 e. The van der Waals surface area contributed by atoms with E-state index in [0.29, 0.717) is 0 Å². The molecule has 0 aromatic carbocycles. The number of pyridine rings is 1. The van der Waals surface area contributed by atoms with Crippen LogP contribution in [0.25, 0.3) is 0 Å². The van der Waals surface area contributed by atoms with Crippen molar-refractivity contribution in [2.24, 2.45) is 0 Å². The Kier molecular flexibility index (Phi) is 5.28. The average Bonchev–Trinajstić information content (AvgIpc) is 2.27. The van der Waals surface area contributed by atoms with Crippen LogP contribution in [-0.2, 0) is 16.0 Å². The molecule has 1 heterocycles. The third-order valence-electron chi connectivity index (χ3n) is 2.10. The van der Waals surface area contributed by atoms with Gasteiger partial charge in [0.1, 0.15) is 5.69 Å². The maximum Gasteiger partial charge on any atom is 0.310 e. The molecule has 0 spiro atoms. The van der Waals surface area contributed by atoms with Gasteiger partial charge >= 0.3 is 11.7 Å². The summed E-state index contributed by atoms with van der Waals surface area (Å²) in [5.74, 6) is -0.732. The van der Waals surface area contributed by atoms with Crippen LogP contribution in [-0.4, -0.2) is 22.5 Å². The Morgan fingerprint density at radius 2 is 2.26 bits per heavy atom. The number of rotatable bonds is 5. The second-order valence-electron chi connectivity index (χ2n) is 3.39. The van der Waals surface area contributed by atoms with E-state index in [1.807, 2.05) is 0 Å². The van der Waals surface area contributed by atoms with Crippen LogP contribution in [0, 0.1) is 10.1 Å². The Bertz CT molecular complexity index is 511. The van der Waals surface area contributed by atoms with Crippen molar-refractivity contribution in [1.29, 1.82) is 0 Å². The summed E-state index contributed by atoms with van der Waals surface area (Å²) >= 11 is 2.76. The highest BCUT2D eigenvalue weighted by atomic mass is 79.9. The third-order valence-corrected chi connectivity index (χ3v) is 2.65. The Labute approximate surface area is 115 Å². The molecule has 0 amide bonds. The fraction of sp³-hybridized carbons (Fsp3) is 0.400. The van der Waals surface area contributed by atoms with E-state index in [-0.39, 0.29) is 16.8 Å². The van der Waals surface area contributed by atoms with Gasteiger partial charge in [0.2, 0.25) is 0 Å². The fourth-order valence-corrected chi connectivity index (χ4v) is 1.99. The first-order chi connectivity index (χ1) is 8.86. The van der Waals surface area contributed by atoms with Gasteiger partial charge in [-0.3, -0.25) is 14.9 Å². The van der Waals surface area contributed by atoms with E-state index in [1.165, 1.54) is 0 Å². The number of aromatic nitrogens is 1. The summed E-state index contributed by atoms with van der Waals surface area (Å²) in [5, 5.41) is 10.9. The zero-order chi connectivity index (χ0) is 14.6. The predicted molar refractivity (Wildman–Crippen MR) is 63.9 cm³/mol. The lowest BCUT2D eigenvalue weighted by Gasteiger charge is -2.07. The van der Waals surface area contributed by atoms with Crippen molar-refractivity contribution >= 4 is 27.6 Å². The minimum atomic E-state index is -2.89. The van der Waals surface area contributed by atoms with Crippen LogP contribution in [0.1, 0.15) is 24.6 Å². The van der Waals surface area contributed by atoms with Gasteiger partial charge in [-0.1, -0.05) is 0 Å². The predicted octanol–water partition coefficient (Wildman–Crippen LogP) is 2.80. The van der Waals surface area contributed by atoms with Crippen molar-refractivity contribution in [3.8, 4) is 0 Å². The first kappa shape index (κ1) is 15.4. The molecule has 0 radical (unpaired) electrons. The molecule has 104 valence electrons. The van der Waals surface area contributed by atoms with Gasteiger partial charge < -0.3 is 4.74 Å². The van der Waals surface area contributed by atoms with E-state index in [0.717, 1.165) is 6.07 Å². The van der Waals surface area contributed by atoms with E-state index in [1.54, 1.807) is 6.92 Å². The van der Waals surface area contributed by atoms with Crippen LogP contribution in [0.5, 0.6) is 0 Å². The molecule has 0 unspecified atom stereocenters. The summed E-state index contributed by atoms with van der Waals surface area (Å²) in [6, 6.07) is 0.838. The largest absolute Gasteiger partial charge is 0.466 e. The maximum atomic E-state index is 12.6. The van der Waals surface area contributed by atoms with Gasteiger partial charge in [-0.15, -0.1) is 0 Å².